The van der Waals surface area contributed by atoms with Crippen molar-refractivity contribution in [2.75, 3.05) is 7.11 Å². The lowest BCUT2D eigenvalue weighted by Crippen LogP contribution is -2.01. The van der Waals surface area contributed by atoms with Gasteiger partial charge in [-0.05, 0) is 41.8 Å². The molecule has 0 atom stereocenters. The van der Waals surface area contributed by atoms with Gasteiger partial charge in [-0.3, -0.25) is 4.79 Å². The number of pyridine rings is 1. The van der Waals surface area contributed by atoms with Gasteiger partial charge in [0.15, 0.2) is 0 Å². The van der Waals surface area contributed by atoms with Crippen LogP contribution in [0.1, 0.15) is 5.56 Å². The molecule has 0 bridgehead atoms. The first-order chi connectivity index (χ1) is 7.70. The third kappa shape index (κ3) is 1.98. The molecule has 1 aromatic carbocycles. The Hall–Kier alpha value is -2.03. The number of aromatic amines is 1. The molecule has 0 saturated carbocycles. The Balaban J connectivity index is 2.45. The van der Waals surface area contributed by atoms with Crippen molar-refractivity contribution < 1.29 is 4.74 Å². The summed E-state index contributed by atoms with van der Waals surface area (Å²) in [6, 6.07) is 9.26. The largest absolute Gasteiger partial charge is 0.496 e. The third-order valence-corrected chi connectivity index (χ3v) is 2.51. The third-order valence-electron chi connectivity index (χ3n) is 2.51. The van der Waals surface area contributed by atoms with E-state index in [1.165, 1.54) is 6.07 Å². The van der Waals surface area contributed by atoms with E-state index in [0.717, 1.165) is 22.4 Å². The van der Waals surface area contributed by atoms with Gasteiger partial charge in [0.05, 0.1) is 7.11 Å². The second-order valence-corrected chi connectivity index (χ2v) is 3.63. The summed E-state index contributed by atoms with van der Waals surface area (Å²) in [5, 5.41) is 0. The number of ether oxygens (including phenoxy) is 1. The molecule has 3 heteroatoms. The first-order valence-electron chi connectivity index (χ1n) is 5.04. The molecule has 82 valence electrons. The van der Waals surface area contributed by atoms with E-state index in [2.05, 4.69) is 4.98 Å². The molecule has 2 aromatic rings. The minimum absolute atomic E-state index is 0.0889. The van der Waals surface area contributed by atoms with Crippen LogP contribution in [0.2, 0.25) is 0 Å². The van der Waals surface area contributed by atoms with Crippen LogP contribution in [0.3, 0.4) is 0 Å². The molecule has 0 aliphatic heterocycles. The molecule has 1 heterocycles. The fourth-order valence-electron chi connectivity index (χ4n) is 1.65. The lowest BCUT2D eigenvalue weighted by atomic mass is 10.0. The number of nitrogens with one attached hydrogen (secondary N) is 1. The molecule has 0 radical (unpaired) electrons. The fourth-order valence-corrected chi connectivity index (χ4v) is 1.65. The first kappa shape index (κ1) is 10.5. The zero-order valence-corrected chi connectivity index (χ0v) is 9.28. The van der Waals surface area contributed by atoms with Gasteiger partial charge in [-0.2, -0.15) is 0 Å². The van der Waals surface area contributed by atoms with E-state index in [1.807, 2.05) is 25.1 Å². The maximum absolute atomic E-state index is 10.9. The smallest absolute Gasteiger partial charge is 0.247 e. The molecule has 0 unspecified atom stereocenters. The summed E-state index contributed by atoms with van der Waals surface area (Å²) < 4.78 is 5.20. The molecule has 0 aliphatic carbocycles. The molecule has 0 spiro atoms. The number of hydrogen-bond donors (Lipinski definition) is 1. The number of rotatable bonds is 2. The highest BCUT2D eigenvalue weighted by Crippen LogP contribution is 2.24. The van der Waals surface area contributed by atoms with Crippen LogP contribution >= 0.6 is 0 Å². The number of aromatic nitrogens is 1. The highest BCUT2D eigenvalue weighted by molar-refractivity contribution is 5.64. The van der Waals surface area contributed by atoms with Crippen LogP contribution in [0.15, 0.2) is 41.3 Å². The summed E-state index contributed by atoms with van der Waals surface area (Å²) >= 11 is 0. The predicted octanol–water partition coefficient (Wildman–Crippen LogP) is 2.36. The van der Waals surface area contributed by atoms with Gasteiger partial charge in [0.2, 0.25) is 5.56 Å². The second kappa shape index (κ2) is 4.23. The highest BCUT2D eigenvalue weighted by atomic mass is 16.5. The summed E-state index contributed by atoms with van der Waals surface area (Å²) in [7, 11) is 1.65. The van der Waals surface area contributed by atoms with E-state index in [4.69, 9.17) is 4.74 Å². The molecule has 1 N–H and O–H groups in total. The minimum Gasteiger partial charge on any atom is -0.496 e. The molecule has 0 saturated heterocycles. The van der Waals surface area contributed by atoms with Crippen molar-refractivity contribution in [3.8, 4) is 16.9 Å². The molecule has 1 aromatic heterocycles. The monoisotopic (exact) mass is 215 g/mol. The quantitative estimate of drug-likeness (QED) is 0.835. The van der Waals surface area contributed by atoms with Crippen LogP contribution in [0.25, 0.3) is 11.1 Å². The van der Waals surface area contributed by atoms with Crippen molar-refractivity contribution in [1.82, 2.24) is 4.98 Å². The maximum atomic E-state index is 10.9. The zero-order chi connectivity index (χ0) is 11.5. The van der Waals surface area contributed by atoms with E-state index < -0.39 is 0 Å². The Morgan fingerprint density at radius 3 is 2.44 bits per heavy atom. The van der Waals surface area contributed by atoms with Gasteiger partial charge in [-0.25, -0.2) is 0 Å². The number of benzene rings is 1. The van der Waals surface area contributed by atoms with Crippen LogP contribution in [-0.2, 0) is 0 Å². The van der Waals surface area contributed by atoms with Gasteiger partial charge < -0.3 is 9.72 Å². The van der Waals surface area contributed by atoms with Crippen molar-refractivity contribution >= 4 is 0 Å². The zero-order valence-electron chi connectivity index (χ0n) is 9.28. The number of hydrogen-bond acceptors (Lipinski definition) is 2. The summed E-state index contributed by atoms with van der Waals surface area (Å²) in [5.41, 5.74) is 3.04. The fraction of sp³-hybridized carbons (Fsp3) is 0.154. The average molecular weight is 215 g/mol. The second-order valence-electron chi connectivity index (χ2n) is 3.63. The number of H-pyrrole nitrogens is 1. The Morgan fingerprint density at radius 1 is 1.12 bits per heavy atom. The molecular formula is C13H13NO2. The summed E-state index contributed by atoms with van der Waals surface area (Å²) in [6.07, 6.45) is 1.71. The Morgan fingerprint density at radius 2 is 1.88 bits per heavy atom. The van der Waals surface area contributed by atoms with Gasteiger partial charge in [0, 0.05) is 12.3 Å². The Kier molecular flexibility index (Phi) is 2.77. The molecular weight excluding hydrogens is 202 g/mol. The van der Waals surface area contributed by atoms with E-state index in [0.29, 0.717) is 0 Å². The highest BCUT2D eigenvalue weighted by Gasteiger charge is 2.01. The number of methoxy groups -OCH3 is 1. The molecule has 0 amide bonds. The van der Waals surface area contributed by atoms with Crippen LogP contribution in [-0.4, -0.2) is 12.1 Å². The van der Waals surface area contributed by atoms with Crippen LogP contribution < -0.4 is 10.3 Å². The van der Waals surface area contributed by atoms with Crippen molar-refractivity contribution in [3.05, 3.63) is 52.4 Å². The van der Waals surface area contributed by atoms with E-state index >= 15 is 0 Å². The minimum atomic E-state index is -0.0889. The molecule has 0 fully saturated rings. The maximum Gasteiger partial charge on any atom is 0.247 e. The van der Waals surface area contributed by atoms with E-state index in [9.17, 15) is 4.79 Å². The number of aryl methyl sites for hydroxylation is 1. The lowest BCUT2D eigenvalue weighted by molar-refractivity contribution is 0.412. The summed E-state index contributed by atoms with van der Waals surface area (Å²) in [5.74, 6) is 0.869. The summed E-state index contributed by atoms with van der Waals surface area (Å²) in [6.45, 7) is 1.99. The van der Waals surface area contributed by atoms with E-state index in [-0.39, 0.29) is 5.56 Å². The Labute approximate surface area is 93.7 Å². The molecule has 3 nitrogen and oxygen atoms in total. The topological polar surface area (TPSA) is 42.1 Å². The molecule has 0 aliphatic rings. The predicted molar refractivity (Wildman–Crippen MR) is 63.8 cm³/mol. The SMILES string of the molecule is COc1ccc(-c2ccc(=O)[nH]c2)cc1C. The van der Waals surface area contributed by atoms with Gasteiger partial charge >= 0.3 is 0 Å². The van der Waals surface area contributed by atoms with Crippen LogP contribution in [0.5, 0.6) is 5.75 Å². The van der Waals surface area contributed by atoms with Crippen molar-refractivity contribution in [2.45, 2.75) is 6.92 Å². The van der Waals surface area contributed by atoms with Gasteiger partial charge in [-0.15, -0.1) is 0 Å². The summed E-state index contributed by atoms with van der Waals surface area (Å²) in [4.78, 5) is 13.6. The standard InChI is InChI=1S/C13H13NO2/c1-9-7-10(3-5-12(9)16-2)11-4-6-13(15)14-8-11/h3-8H,1-2H3,(H,14,15). The van der Waals surface area contributed by atoms with Crippen molar-refractivity contribution in [3.63, 3.8) is 0 Å². The normalized spacial score (nSPS) is 10.1. The van der Waals surface area contributed by atoms with Gasteiger partial charge in [-0.1, -0.05) is 6.07 Å². The molecule has 2 rings (SSSR count). The van der Waals surface area contributed by atoms with Crippen LogP contribution in [0.4, 0.5) is 0 Å². The molecule has 16 heavy (non-hydrogen) atoms. The van der Waals surface area contributed by atoms with Gasteiger partial charge in [0.1, 0.15) is 5.75 Å². The van der Waals surface area contributed by atoms with E-state index in [1.54, 1.807) is 19.4 Å². The van der Waals surface area contributed by atoms with Crippen molar-refractivity contribution in [1.29, 1.82) is 0 Å². The average Bonchev–Trinajstić information content (AvgIpc) is 2.30. The van der Waals surface area contributed by atoms with Gasteiger partial charge in [0.25, 0.3) is 0 Å². The first-order valence-corrected chi connectivity index (χ1v) is 5.04. The van der Waals surface area contributed by atoms with Crippen molar-refractivity contribution in [2.24, 2.45) is 0 Å². The lowest BCUT2D eigenvalue weighted by Gasteiger charge is -2.07. The van der Waals surface area contributed by atoms with Crippen LogP contribution in [0, 0.1) is 6.92 Å². The Bertz CT molecular complexity index is 538.